The summed E-state index contributed by atoms with van der Waals surface area (Å²) >= 11 is 0. The molecule has 0 fully saturated rings. The lowest BCUT2D eigenvalue weighted by atomic mass is 10.3. The molecule has 10 heteroatoms. The van der Waals surface area contributed by atoms with E-state index in [-0.39, 0.29) is 21.8 Å². The Morgan fingerprint density at radius 1 is 1.48 bits per heavy atom. The number of hydrogen-bond donors (Lipinski definition) is 2. The van der Waals surface area contributed by atoms with Crippen molar-refractivity contribution < 1.29 is 18.4 Å². The van der Waals surface area contributed by atoms with Gasteiger partial charge in [-0.15, -0.1) is 0 Å². The first-order chi connectivity index (χ1) is 9.93. The van der Waals surface area contributed by atoms with Gasteiger partial charge in [0.25, 0.3) is 11.8 Å². The number of nitrogens with zero attached hydrogens (tertiary/aromatic N) is 4. The number of carbonyl (C=O) groups is 2. The standard InChI is InChI=1S/C11H12F2N6O2/c1-2-18-5-6(8(17-18)9(14)20)16-10(21)7-3-4-15-19(7)11(12)13/h3-5,11H,2H2,1H3,(H2,14,20)(H,16,21). The van der Waals surface area contributed by atoms with E-state index in [4.69, 9.17) is 5.73 Å². The molecule has 0 radical (unpaired) electrons. The third kappa shape index (κ3) is 2.88. The molecule has 112 valence electrons. The van der Waals surface area contributed by atoms with Crippen LogP contribution in [-0.4, -0.2) is 31.4 Å². The predicted octanol–water partition coefficient (Wildman–Crippen LogP) is 0.846. The molecule has 3 N–H and O–H groups in total. The van der Waals surface area contributed by atoms with Gasteiger partial charge in [-0.2, -0.15) is 23.7 Å². The number of alkyl halides is 2. The van der Waals surface area contributed by atoms with Gasteiger partial charge in [-0.1, -0.05) is 0 Å². The van der Waals surface area contributed by atoms with Crippen LogP contribution in [0.4, 0.5) is 14.5 Å². The van der Waals surface area contributed by atoms with Crippen molar-refractivity contribution in [1.29, 1.82) is 0 Å². The quantitative estimate of drug-likeness (QED) is 0.852. The molecule has 0 spiro atoms. The molecule has 8 nitrogen and oxygen atoms in total. The van der Waals surface area contributed by atoms with Crippen molar-refractivity contribution in [2.75, 3.05) is 5.32 Å². The summed E-state index contributed by atoms with van der Waals surface area (Å²) < 4.78 is 27.0. The molecular weight excluding hydrogens is 286 g/mol. The molecule has 0 saturated heterocycles. The largest absolute Gasteiger partial charge is 0.364 e. The van der Waals surface area contributed by atoms with Crippen molar-refractivity contribution in [2.45, 2.75) is 20.0 Å². The van der Waals surface area contributed by atoms with Crippen LogP contribution >= 0.6 is 0 Å². The second-order valence-corrected chi connectivity index (χ2v) is 4.00. The first-order valence-corrected chi connectivity index (χ1v) is 5.94. The highest BCUT2D eigenvalue weighted by Gasteiger charge is 2.21. The first kappa shape index (κ1) is 14.6. The summed E-state index contributed by atoms with van der Waals surface area (Å²) in [4.78, 5) is 23.2. The van der Waals surface area contributed by atoms with Gasteiger partial charge in [0.2, 0.25) is 0 Å². The summed E-state index contributed by atoms with van der Waals surface area (Å²) in [6.07, 6.45) is 2.46. The van der Waals surface area contributed by atoms with Crippen LogP contribution in [-0.2, 0) is 6.54 Å². The Labute approximate surface area is 117 Å². The van der Waals surface area contributed by atoms with Gasteiger partial charge in [-0.3, -0.25) is 14.3 Å². The van der Waals surface area contributed by atoms with Crippen LogP contribution in [0.1, 0.15) is 34.5 Å². The molecule has 2 heterocycles. The van der Waals surface area contributed by atoms with Crippen LogP contribution < -0.4 is 11.1 Å². The highest BCUT2D eigenvalue weighted by molar-refractivity contribution is 6.07. The minimum Gasteiger partial charge on any atom is -0.364 e. The van der Waals surface area contributed by atoms with E-state index in [1.165, 1.54) is 10.9 Å². The number of aromatic nitrogens is 4. The molecule has 2 rings (SSSR count). The second-order valence-electron chi connectivity index (χ2n) is 4.00. The third-order valence-corrected chi connectivity index (χ3v) is 2.66. The van der Waals surface area contributed by atoms with Crippen molar-refractivity contribution in [1.82, 2.24) is 19.6 Å². The van der Waals surface area contributed by atoms with Gasteiger partial charge < -0.3 is 11.1 Å². The number of nitrogens with one attached hydrogen (secondary N) is 1. The predicted molar refractivity (Wildman–Crippen MR) is 67.9 cm³/mol. The Morgan fingerprint density at radius 2 is 2.19 bits per heavy atom. The maximum atomic E-state index is 12.7. The normalized spacial score (nSPS) is 10.9. The van der Waals surface area contributed by atoms with Crippen LogP contribution in [0.5, 0.6) is 0 Å². The number of nitrogens with two attached hydrogens (primary N) is 1. The maximum Gasteiger partial charge on any atom is 0.333 e. The number of anilines is 1. The summed E-state index contributed by atoms with van der Waals surface area (Å²) in [7, 11) is 0. The number of rotatable bonds is 5. The lowest BCUT2D eigenvalue weighted by Crippen LogP contribution is -2.20. The van der Waals surface area contributed by atoms with E-state index >= 15 is 0 Å². The van der Waals surface area contributed by atoms with Crippen molar-refractivity contribution >= 4 is 17.5 Å². The average molecular weight is 298 g/mol. The molecule has 21 heavy (non-hydrogen) atoms. The summed E-state index contributed by atoms with van der Waals surface area (Å²) in [6, 6.07) is 1.13. The molecule has 0 aromatic carbocycles. The van der Waals surface area contributed by atoms with Crippen LogP contribution in [0, 0.1) is 0 Å². The smallest absolute Gasteiger partial charge is 0.333 e. The first-order valence-electron chi connectivity index (χ1n) is 5.94. The lowest BCUT2D eigenvalue weighted by Gasteiger charge is -2.06. The molecule has 0 aliphatic rings. The molecule has 0 atom stereocenters. The van der Waals surface area contributed by atoms with E-state index in [0.717, 1.165) is 12.3 Å². The Kier molecular flexibility index (Phi) is 3.96. The maximum absolute atomic E-state index is 12.7. The Morgan fingerprint density at radius 3 is 2.76 bits per heavy atom. The molecule has 0 aliphatic carbocycles. The monoisotopic (exact) mass is 298 g/mol. The Bertz CT molecular complexity index is 678. The molecule has 0 aliphatic heterocycles. The minimum atomic E-state index is -2.95. The van der Waals surface area contributed by atoms with Crippen LogP contribution in [0.3, 0.4) is 0 Å². The van der Waals surface area contributed by atoms with E-state index in [9.17, 15) is 18.4 Å². The average Bonchev–Trinajstić information content (AvgIpc) is 3.04. The fourth-order valence-corrected chi connectivity index (χ4v) is 1.69. The highest BCUT2D eigenvalue weighted by atomic mass is 19.3. The molecule has 2 aromatic rings. The third-order valence-electron chi connectivity index (χ3n) is 2.66. The lowest BCUT2D eigenvalue weighted by molar-refractivity contribution is 0.0520. The zero-order valence-corrected chi connectivity index (χ0v) is 11.0. The molecule has 2 aromatic heterocycles. The molecular formula is C11H12F2N6O2. The number of carbonyl (C=O) groups excluding carboxylic acids is 2. The van der Waals surface area contributed by atoms with Crippen molar-refractivity contribution in [3.63, 3.8) is 0 Å². The molecule has 2 amide bonds. The van der Waals surface area contributed by atoms with E-state index in [2.05, 4.69) is 15.5 Å². The van der Waals surface area contributed by atoms with Gasteiger partial charge in [-0.05, 0) is 13.0 Å². The summed E-state index contributed by atoms with van der Waals surface area (Å²) in [6.45, 7) is -0.727. The fraction of sp³-hybridized carbons (Fsp3) is 0.273. The van der Waals surface area contributed by atoms with Gasteiger partial charge >= 0.3 is 6.55 Å². The second kappa shape index (κ2) is 5.69. The van der Waals surface area contributed by atoms with Crippen molar-refractivity contribution in [3.8, 4) is 0 Å². The van der Waals surface area contributed by atoms with E-state index in [0.29, 0.717) is 6.54 Å². The van der Waals surface area contributed by atoms with Gasteiger partial charge in [-0.25, -0.2) is 0 Å². The number of primary amides is 1. The van der Waals surface area contributed by atoms with Gasteiger partial charge in [0.1, 0.15) is 5.69 Å². The van der Waals surface area contributed by atoms with E-state index < -0.39 is 18.4 Å². The number of aryl methyl sites for hydroxylation is 1. The Hall–Kier alpha value is -2.78. The topological polar surface area (TPSA) is 108 Å². The molecule has 0 saturated carbocycles. The number of amides is 2. The zero-order chi connectivity index (χ0) is 15.6. The van der Waals surface area contributed by atoms with Crippen LogP contribution in [0.25, 0.3) is 0 Å². The summed E-state index contributed by atoms with van der Waals surface area (Å²) in [5, 5.41) is 9.55. The molecule has 0 bridgehead atoms. The van der Waals surface area contributed by atoms with Crippen molar-refractivity contribution in [2.24, 2.45) is 5.73 Å². The van der Waals surface area contributed by atoms with E-state index in [1.54, 1.807) is 6.92 Å². The minimum absolute atomic E-state index is 0.0522. The van der Waals surface area contributed by atoms with Crippen LogP contribution in [0.2, 0.25) is 0 Å². The SMILES string of the molecule is CCn1cc(NC(=O)c2ccnn2C(F)F)c(C(N)=O)n1. The van der Waals surface area contributed by atoms with E-state index in [1.807, 2.05) is 0 Å². The fourth-order valence-electron chi connectivity index (χ4n) is 1.69. The van der Waals surface area contributed by atoms with Crippen LogP contribution in [0.15, 0.2) is 18.5 Å². The zero-order valence-electron chi connectivity index (χ0n) is 11.0. The Balaban J connectivity index is 2.29. The summed E-state index contributed by atoms with van der Waals surface area (Å²) in [5.74, 6) is -1.68. The summed E-state index contributed by atoms with van der Waals surface area (Å²) in [5.41, 5.74) is 4.72. The molecule has 0 unspecified atom stereocenters. The number of hydrogen-bond acceptors (Lipinski definition) is 4. The highest BCUT2D eigenvalue weighted by Crippen LogP contribution is 2.17. The number of halogens is 2. The van der Waals surface area contributed by atoms with Gasteiger partial charge in [0.05, 0.1) is 5.69 Å². The van der Waals surface area contributed by atoms with Gasteiger partial charge in [0.15, 0.2) is 5.69 Å². The van der Waals surface area contributed by atoms with Crippen molar-refractivity contribution in [3.05, 3.63) is 29.8 Å². The van der Waals surface area contributed by atoms with Gasteiger partial charge in [0, 0.05) is 18.9 Å².